The maximum absolute atomic E-state index is 12.5. The third kappa shape index (κ3) is 4.84. The van der Waals surface area contributed by atoms with Crippen molar-refractivity contribution in [1.29, 1.82) is 0 Å². The third-order valence-electron chi connectivity index (χ3n) is 6.14. The zero-order valence-corrected chi connectivity index (χ0v) is 18.2. The number of piperidine rings is 1. The number of para-hydroxylation sites is 1. The van der Waals surface area contributed by atoms with E-state index in [1.54, 1.807) is 0 Å². The summed E-state index contributed by atoms with van der Waals surface area (Å²) in [6, 6.07) is 17.0. The number of hydrogen-bond donors (Lipinski definition) is 1. The predicted molar refractivity (Wildman–Crippen MR) is 119 cm³/mol. The molecule has 2 aliphatic heterocycles. The van der Waals surface area contributed by atoms with Gasteiger partial charge in [0.2, 0.25) is 15.9 Å². The number of nitrogens with zero attached hydrogens (tertiary/aromatic N) is 2. The van der Waals surface area contributed by atoms with Crippen LogP contribution in [0.3, 0.4) is 0 Å². The van der Waals surface area contributed by atoms with Gasteiger partial charge in [-0.15, -0.1) is 0 Å². The minimum atomic E-state index is -3.16. The lowest BCUT2D eigenvalue weighted by molar-refractivity contribution is -0.126. The molecule has 30 heavy (non-hydrogen) atoms. The first-order valence-electron chi connectivity index (χ1n) is 10.5. The monoisotopic (exact) mass is 427 g/mol. The van der Waals surface area contributed by atoms with E-state index in [1.807, 2.05) is 0 Å². The van der Waals surface area contributed by atoms with Crippen LogP contribution in [0.4, 0.5) is 5.69 Å². The van der Waals surface area contributed by atoms with Gasteiger partial charge in [-0.3, -0.25) is 4.79 Å². The van der Waals surface area contributed by atoms with Gasteiger partial charge in [-0.1, -0.05) is 42.5 Å². The first-order chi connectivity index (χ1) is 14.4. The van der Waals surface area contributed by atoms with E-state index in [2.05, 4.69) is 58.7 Å². The molecule has 0 atom stereocenters. The maximum atomic E-state index is 12.5. The summed E-state index contributed by atoms with van der Waals surface area (Å²) in [4.78, 5) is 14.9. The second-order valence-corrected chi connectivity index (χ2v) is 10.3. The third-order valence-corrected chi connectivity index (χ3v) is 7.44. The Balaban J connectivity index is 1.26. The van der Waals surface area contributed by atoms with Gasteiger partial charge in [0.25, 0.3) is 0 Å². The average molecular weight is 428 g/mol. The normalized spacial score (nSPS) is 17.7. The van der Waals surface area contributed by atoms with Crippen molar-refractivity contribution in [3.63, 3.8) is 0 Å². The van der Waals surface area contributed by atoms with Crippen molar-refractivity contribution in [3.8, 4) is 0 Å². The lowest BCUT2D eigenvalue weighted by Gasteiger charge is -2.29. The summed E-state index contributed by atoms with van der Waals surface area (Å²) >= 11 is 0. The summed E-state index contributed by atoms with van der Waals surface area (Å²) in [6.07, 6.45) is 3.48. The summed E-state index contributed by atoms with van der Waals surface area (Å²) in [7, 11) is -3.16. The molecular formula is C23H29N3O3S. The molecule has 160 valence electrons. The van der Waals surface area contributed by atoms with Crippen LogP contribution in [0.2, 0.25) is 0 Å². The first-order valence-corrected chi connectivity index (χ1v) is 12.4. The Morgan fingerprint density at radius 1 is 1.00 bits per heavy atom. The van der Waals surface area contributed by atoms with E-state index in [-0.39, 0.29) is 11.8 Å². The van der Waals surface area contributed by atoms with Crippen molar-refractivity contribution in [2.75, 3.05) is 30.8 Å². The van der Waals surface area contributed by atoms with Crippen LogP contribution in [0.25, 0.3) is 0 Å². The Labute approximate surface area is 178 Å². The molecule has 4 rings (SSSR count). The van der Waals surface area contributed by atoms with Crippen LogP contribution in [0.15, 0.2) is 48.5 Å². The van der Waals surface area contributed by atoms with Gasteiger partial charge < -0.3 is 10.2 Å². The van der Waals surface area contributed by atoms with Crippen molar-refractivity contribution < 1.29 is 13.2 Å². The van der Waals surface area contributed by atoms with E-state index in [9.17, 15) is 13.2 Å². The predicted octanol–water partition coefficient (Wildman–Crippen LogP) is 2.54. The van der Waals surface area contributed by atoms with Crippen LogP contribution in [0.1, 0.15) is 29.5 Å². The molecule has 0 radical (unpaired) electrons. The number of carbonyl (C=O) groups is 1. The van der Waals surface area contributed by atoms with Gasteiger partial charge in [0.15, 0.2) is 0 Å². The molecule has 2 heterocycles. The van der Waals surface area contributed by atoms with E-state index in [4.69, 9.17) is 0 Å². The molecule has 1 saturated heterocycles. The van der Waals surface area contributed by atoms with E-state index in [0.29, 0.717) is 32.5 Å². The standard InChI is InChI=1S/C23H29N3O3S/c1-30(28,29)26-14-11-21(12-15-26)23(27)24-16-18-6-8-19(9-7-18)17-25-13-10-20-4-2-3-5-22(20)25/h2-9,21H,10-17H2,1H3,(H,24,27). The largest absolute Gasteiger partial charge is 0.367 e. The molecule has 7 heteroatoms. The lowest BCUT2D eigenvalue weighted by Crippen LogP contribution is -2.42. The fraction of sp³-hybridized carbons (Fsp3) is 0.435. The highest BCUT2D eigenvalue weighted by atomic mass is 32.2. The molecule has 2 aliphatic rings. The Morgan fingerprint density at radius 3 is 2.37 bits per heavy atom. The number of anilines is 1. The second-order valence-electron chi connectivity index (χ2n) is 8.27. The number of sulfonamides is 1. The van der Waals surface area contributed by atoms with Crippen LogP contribution in [-0.4, -0.2) is 44.5 Å². The number of amides is 1. The first kappa shape index (κ1) is 20.9. The Hall–Kier alpha value is -2.38. The number of benzene rings is 2. The Kier molecular flexibility index (Phi) is 6.11. The highest BCUT2D eigenvalue weighted by Gasteiger charge is 2.28. The van der Waals surface area contributed by atoms with Gasteiger partial charge in [-0.2, -0.15) is 0 Å². The number of carbonyl (C=O) groups excluding carboxylic acids is 1. The van der Waals surface area contributed by atoms with Crippen LogP contribution < -0.4 is 10.2 Å². The summed E-state index contributed by atoms with van der Waals surface area (Å²) in [5.74, 6) is -0.0987. The summed E-state index contributed by atoms with van der Waals surface area (Å²) in [5.41, 5.74) is 5.08. The number of fused-ring (bicyclic) bond motifs is 1. The molecule has 6 nitrogen and oxygen atoms in total. The fourth-order valence-electron chi connectivity index (χ4n) is 4.34. The molecular weight excluding hydrogens is 398 g/mol. The molecule has 2 aromatic carbocycles. The van der Waals surface area contributed by atoms with E-state index >= 15 is 0 Å². The zero-order valence-electron chi connectivity index (χ0n) is 17.4. The van der Waals surface area contributed by atoms with Gasteiger partial charge in [-0.05, 0) is 42.0 Å². The minimum absolute atomic E-state index is 0.0147. The number of nitrogens with one attached hydrogen (secondary N) is 1. The zero-order chi connectivity index (χ0) is 21.1. The molecule has 0 saturated carbocycles. The summed E-state index contributed by atoms with van der Waals surface area (Å²) in [5, 5.41) is 3.01. The number of hydrogen-bond acceptors (Lipinski definition) is 4. The van der Waals surface area contributed by atoms with Gasteiger partial charge in [-0.25, -0.2) is 12.7 Å². The highest BCUT2D eigenvalue weighted by Crippen LogP contribution is 2.28. The molecule has 0 unspecified atom stereocenters. The van der Waals surface area contributed by atoms with Gasteiger partial charge >= 0.3 is 0 Å². The van der Waals surface area contributed by atoms with Crippen molar-refractivity contribution in [2.24, 2.45) is 5.92 Å². The molecule has 2 aromatic rings. The Morgan fingerprint density at radius 2 is 1.67 bits per heavy atom. The van der Waals surface area contributed by atoms with E-state index in [0.717, 1.165) is 25.1 Å². The van der Waals surface area contributed by atoms with Crippen molar-refractivity contribution in [1.82, 2.24) is 9.62 Å². The smallest absolute Gasteiger partial charge is 0.223 e. The summed E-state index contributed by atoms with van der Waals surface area (Å²) < 4.78 is 24.6. The van der Waals surface area contributed by atoms with Crippen LogP contribution in [0.5, 0.6) is 0 Å². The molecule has 1 N–H and O–H groups in total. The van der Waals surface area contributed by atoms with Crippen molar-refractivity contribution in [3.05, 3.63) is 65.2 Å². The van der Waals surface area contributed by atoms with Gasteiger partial charge in [0, 0.05) is 44.3 Å². The van der Waals surface area contributed by atoms with Crippen LogP contribution in [-0.2, 0) is 34.3 Å². The molecule has 1 amide bonds. The highest BCUT2D eigenvalue weighted by molar-refractivity contribution is 7.88. The SMILES string of the molecule is CS(=O)(=O)N1CCC(C(=O)NCc2ccc(CN3CCc4ccccc43)cc2)CC1. The quantitative estimate of drug-likeness (QED) is 0.769. The second kappa shape index (κ2) is 8.78. The average Bonchev–Trinajstić information content (AvgIpc) is 3.15. The molecule has 0 aromatic heterocycles. The van der Waals surface area contributed by atoms with Crippen molar-refractivity contribution in [2.45, 2.75) is 32.4 Å². The maximum Gasteiger partial charge on any atom is 0.223 e. The van der Waals surface area contributed by atoms with Crippen LogP contribution in [0, 0.1) is 5.92 Å². The van der Waals surface area contributed by atoms with E-state index < -0.39 is 10.0 Å². The fourth-order valence-corrected chi connectivity index (χ4v) is 5.21. The molecule has 0 bridgehead atoms. The Bertz CT molecular complexity index is 997. The summed E-state index contributed by atoms with van der Waals surface area (Å²) in [6.45, 7) is 3.28. The van der Waals surface area contributed by atoms with Crippen molar-refractivity contribution >= 4 is 21.6 Å². The molecule has 1 fully saturated rings. The minimum Gasteiger partial charge on any atom is -0.367 e. The van der Waals surface area contributed by atoms with E-state index in [1.165, 1.54) is 27.4 Å². The topological polar surface area (TPSA) is 69.7 Å². The van der Waals surface area contributed by atoms with Gasteiger partial charge in [0.05, 0.1) is 6.26 Å². The molecule has 0 spiro atoms. The molecule has 0 aliphatic carbocycles. The number of rotatable bonds is 6. The lowest BCUT2D eigenvalue weighted by atomic mass is 9.97. The van der Waals surface area contributed by atoms with Crippen LogP contribution >= 0.6 is 0 Å². The van der Waals surface area contributed by atoms with Gasteiger partial charge in [0.1, 0.15) is 0 Å².